The molecule has 0 N–H and O–H groups in total. The van der Waals surface area contributed by atoms with Crippen molar-refractivity contribution in [2.24, 2.45) is 0 Å². The molecule has 0 radical (unpaired) electrons. The number of aromatic nitrogens is 3. The number of nitrogens with zero attached hydrogens (tertiary/aromatic N) is 4. The van der Waals surface area contributed by atoms with Crippen molar-refractivity contribution in [3.8, 4) is 0 Å². The number of halogens is 1. The fraction of sp³-hybridized carbons (Fsp3) is 0.421. The quantitative estimate of drug-likeness (QED) is 0.667. The van der Waals surface area contributed by atoms with Gasteiger partial charge in [0.05, 0.1) is 28.6 Å². The molecule has 3 aromatic rings. The minimum atomic E-state index is -0.311. The predicted molar refractivity (Wildman–Crippen MR) is 103 cm³/mol. The van der Waals surface area contributed by atoms with Crippen LogP contribution in [0.4, 0.5) is 9.52 Å². The Morgan fingerprint density at radius 2 is 2.30 bits per heavy atom. The normalized spacial score (nSPS) is 16.9. The Labute approximate surface area is 160 Å². The van der Waals surface area contributed by atoms with Crippen LogP contribution in [-0.4, -0.2) is 39.9 Å². The van der Waals surface area contributed by atoms with Gasteiger partial charge in [0, 0.05) is 13.2 Å². The summed E-state index contributed by atoms with van der Waals surface area (Å²) < 4.78 is 21.7. The van der Waals surface area contributed by atoms with Crippen LogP contribution >= 0.6 is 11.3 Å². The molecule has 0 spiro atoms. The Balaban J connectivity index is 1.73. The molecule has 1 saturated heterocycles. The van der Waals surface area contributed by atoms with Crippen LogP contribution in [0.2, 0.25) is 0 Å². The number of anilines is 1. The molecule has 3 heterocycles. The third-order valence-electron chi connectivity index (χ3n) is 4.65. The second-order valence-electron chi connectivity index (χ2n) is 6.65. The Bertz CT molecular complexity index is 977. The number of rotatable bonds is 5. The number of hydrogen-bond donors (Lipinski definition) is 0. The summed E-state index contributed by atoms with van der Waals surface area (Å²) >= 11 is 1.31. The highest BCUT2D eigenvalue weighted by Crippen LogP contribution is 2.31. The summed E-state index contributed by atoms with van der Waals surface area (Å²) in [4.78, 5) is 19.6. The van der Waals surface area contributed by atoms with Crippen LogP contribution in [0.1, 0.15) is 35.9 Å². The van der Waals surface area contributed by atoms with E-state index < -0.39 is 0 Å². The van der Waals surface area contributed by atoms with Gasteiger partial charge in [0.25, 0.3) is 5.91 Å². The first-order valence-corrected chi connectivity index (χ1v) is 9.91. The minimum absolute atomic E-state index is 0.0169. The number of amides is 1. The molecule has 1 amide bonds. The molecule has 142 valence electrons. The van der Waals surface area contributed by atoms with Gasteiger partial charge in [-0.2, -0.15) is 5.10 Å². The van der Waals surface area contributed by atoms with Crippen molar-refractivity contribution in [2.45, 2.75) is 39.3 Å². The Morgan fingerprint density at radius 3 is 3.04 bits per heavy atom. The van der Waals surface area contributed by atoms with Crippen molar-refractivity contribution in [2.75, 3.05) is 18.1 Å². The highest BCUT2D eigenvalue weighted by atomic mass is 32.1. The van der Waals surface area contributed by atoms with E-state index in [1.165, 1.54) is 23.5 Å². The molecular formula is C19H21FN4O2S. The van der Waals surface area contributed by atoms with Crippen LogP contribution in [0, 0.1) is 12.7 Å². The van der Waals surface area contributed by atoms with Gasteiger partial charge < -0.3 is 4.74 Å². The molecule has 0 bridgehead atoms. The molecule has 27 heavy (non-hydrogen) atoms. The molecule has 1 unspecified atom stereocenters. The summed E-state index contributed by atoms with van der Waals surface area (Å²) in [7, 11) is 0. The molecule has 1 aromatic carbocycles. The van der Waals surface area contributed by atoms with Crippen molar-refractivity contribution < 1.29 is 13.9 Å². The SMILES string of the molecule is CCn1nc(C)cc1C(=O)N(CC1CCCO1)c1nc2ccc(F)cc2s1. The summed E-state index contributed by atoms with van der Waals surface area (Å²) in [6, 6.07) is 6.26. The third kappa shape index (κ3) is 3.59. The number of aryl methyl sites for hydroxylation is 2. The molecule has 4 rings (SSSR count). The Hall–Kier alpha value is -2.32. The van der Waals surface area contributed by atoms with Gasteiger partial charge in [0.15, 0.2) is 5.13 Å². The molecular weight excluding hydrogens is 367 g/mol. The van der Waals surface area contributed by atoms with E-state index in [0.717, 1.165) is 23.2 Å². The van der Waals surface area contributed by atoms with Gasteiger partial charge in [-0.05, 0) is 51.0 Å². The van der Waals surface area contributed by atoms with Crippen molar-refractivity contribution in [3.05, 3.63) is 41.5 Å². The minimum Gasteiger partial charge on any atom is -0.376 e. The maximum absolute atomic E-state index is 13.6. The van der Waals surface area contributed by atoms with Crippen LogP contribution in [0.5, 0.6) is 0 Å². The van der Waals surface area contributed by atoms with E-state index in [1.54, 1.807) is 21.7 Å². The van der Waals surface area contributed by atoms with Crippen LogP contribution < -0.4 is 4.90 Å². The van der Waals surface area contributed by atoms with Crippen LogP contribution in [0.25, 0.3) is 10.2 Å². The summed E-state index contributed by atoms with van der Waals surface area (Å²) in [6.45, 7) is 5.56. The lowest BCUT2D eigenvalue weighted by Crippen LogP contribution is -2.38. The molecule has 1 atom stereocenters. The molecule has 0 aliphatic carbocycles. The molecule has 1 fully saturated rings. The average molecular weight is 388 g/mol. The van der Waals surface area contributed by atoms with E-state index in [-0.39, 0.29) is 17.8 Å². The first-order valence-electron chi connectivity index (χ1n) is 9.09. The molecule has 8 heteroatoms. The van der Waals surface area contributed by atoms with E-state index in [4.69, 9.17) is 4.74 Å². The Kier molecular flexibility index (Phi) is 4.92. The highest BCUT2D eigenvalue weighted by Gasteiger charge is 2.29. The van der Waals surface area contributed by atoms with Crippen molar-refractivity contribution in [1.29, 1.82) is 0 Å². The lowest BCUT2D eigenvalue weighted by molar-refractivity contribution is 0.0908. The van der Waals surface area contributed by atoms with Gasteiger partial charge in [-0.3, -0.25) is 14.4 Å². The lowest BCUT2D eigenvalue weighted by Gasteiger charge is -2.23. The zero-order valence-electron chi connectivity index (χ0n) is 15.3. The van der Waals surface area contributed by atoms with E-state index in [9.17, 15) is 9.18 Å². The van der Waals surface area contributed by atoms with Gasteiger partial charge in [-0.15, -0.1) is 0 Å². The van der Waals surface area contributed by atoms with Gasteiger partial charge in [-0.25, -0.2) is 9.37 Å². The maximum Gasteiger partial charge on any atom is 0.278 e. The first kappa shape index (κ1) is 18.1. The molecule has 1 aliphatic heterocycles. The van der Waals surface area contributed by atoms with Gasteiger partial charge in [-0.1, -0.05) is 11.3 Å². The van der Waals surface area contributed by atoms with Crippen molar-refractivity contribution in [1.82, 2.24) is 14.8 Å². The number of benzene rings is 1. The number of fused-ring (bicyclic) bond motifs is 1. The maximum atomic E-state index is 13.6. The molecule has 0 saturated carbocycles. The largest absolute Gasteiger partial charge is 0.376 e. The first-order chi connectivity index (χ1) is 13.0. The number of ether oxygens (including phenoxy) is 1. The summed E-state index contributed by atoms with van der Waals surface area (Å²) in [5, 5.41) is 4.94. The fourth-order valence-corrected chi connectivity index (χ4v) is 4.34. The van der Waals surface area contributed by atoms with E-state index in [0.29, 0.717) is 36.0 Å². The van der Waals surface area contributed by atoms with Crippen LogP contribution in [-0.2, 0) is 11.3 Å². The Morgan fingerprint density at radius 1 is 1.44 bits per heavy atom. The monoisotopic (exact) mass is 388 g/mol. The predicted octanol–water partition coefficient (Wildman–Crippen LogP) is 3.79. The van der Waals surface area contributed by atoms with Gasteiger partial charge in [0.1, 0.15) is 11.5 Å². The van der Waals surface area contributed by atoms with Crippen LogP contribution in [0.3, 0.4) is 0 Å². The van der Waals surface area contributed by atoms with E-state index >= 15 is 0 Å². The summed E-state index contributed by atoms with van der Waals surface area (Å²) in [6.07, 6.45) is 1.89. The lowest BCUT2D eigenvalue weighted by atomic mass is 10.2. The molecule has 6 nitrogen and oxygen atoms in total. The topological polar surface area (TPSA) is 60.2 Å². The highest BCUT2D eigenvalue weighted by molar-refractivity contribution is 7.22. The zero-order chi connectivity index (χ0) is 19.0. The fourth-order valence-electron chi connectivity index (χ4n) is 3.34. The number of hydrogen-bond acceptors (Lipinski definition) is 5. The second-order valence-corrected chi connectivity index (χ2v) is 7.66. The van der Waals surface area contributed by atoms with Gasteiger partial charge in [0.2, 0.25) is 0 Å². The van der Waals surface area contributed by atoms with Crippen molar-refractivity contribution >= 4 is 32.6 Å². The summed E-state index contributed by atoms with van der Waals surface area (Å²) in [5.74, 6) is -0.470. The van der Waals surface area contributed by atoms with Crippen molar-refractivity contribution in [3.63, 3.8) is 0 Å². The van der Waals surface area contributed by atoms with Gasteiger partial charge >= 0.3 is 0 Å². The standard InChI is InChI=1S/C19H21FN4O2S/c1-3-24-16(9-12(2)22-24)18(25)23(11-14-5-4-8-26-14)19-21-15-7-6-13(20)10-17(15)27-19/h6-7,9-10,14H,3-5,8,11H2,1-2H3. The second kappa shape index (κ2) is 7.36. The summed E-state index contributed by atoms with van der Waals surface area (Å²) in [5.41, 5.74) is 2.00. The zero-order valence-corrected chi connectivity index (χ0v) is 16.1. The molecule has 2 aromatic heterocycles. The number of carbonyl (C=O) groups is 1. The molecule has 1 aliphatic rings. The third-order valence-corrected chi connectivity index (χ3v) is 5.69. The smallest absolute Gasteiger partial charge is 0.278 e. The van der Waals surface area contributed by atoms with E-state index in [2.05, 4.69) is 10.1 Å². The van der Waals surface area contributed by atoms with Crippen LogP contribution in [0.15, 0.2) is 24.3 Å². The van der Waals surface area contributed by atoms with E-state index in [1.807, 2.05) is 13.8 Å². The number of thiazole rings is 1. The average Bonchev–Trinajstić information content (AvgIpc) is 3.37. The number of carbonyl (C=O) groups excluding carboxylic acids is 1.